The number of fused-ring (bicyclic) bond motifs is 3. The number of rotatable bonds is 2. The maximum absolute atomic E-state index is 12.5. The molecular formula is C20H18Br3N3O2. The van der Waals surface area contributed by atoms with Crippen molar-refractivity contribution >= 4 is 71.0 Å². The third-order valence-electron chi connectivity index (χ3n) is 5.41. The molecule has 0 aromatic heterocycles. The maximum atomic E-state index is 12.5. The molecule has 4 rings (SSSR count). The molecule has 2 amide bonds. The van der Waals surface area contributed by atoms with Crippen molar-refractivity contribution in [3.8, 4) is 0 Å². The first-order valence-corrected chi connectivity index (χ1v) is 11.3. The van der Waals surface area contributed by atoms with Gasteiger partial charge in [-0.05, 0) is 58.2 Å². The summed E-state index contributed by atoms with van der Waals surface area (Å²) in [6, 6.07) is 9.93. The van der Waals surface area contributed by atoms with Crippen LogP contribution in [0.5, 0.6) is 0 Å². The van der Waals surface area contributed by atoms with E-state index in [1.54, 1.807) is 0 Å². The van der Waals surface area contributed by atoms with E-state index >= 15 is 0 Å². The molecule has 2 aromatic rings. The summed E-state index contributed by atoms with van der Waals surface area (Å²) in [6.45, 7) is 2.06. The van der Waals surface area contributed by atoms with Gasteiger partial charge in [-0.25, -0.2) is 0 Å². The molecule has 28 heavy (non-hydrogen) atoms. The van der Waals surface area contributed by atoms with Crippen molar-refractivity contribution in [1.29, 1.82) is 0 Å². The van der Waals surface area contributed by atoms with Crippen LogP contribution in [0.1, 0.15) is 36.8 Å². The summed E-state index contributed by atoms with van der Waals surface area (Å²) >= 11 is 10.8. The number of anilines is 2. The lowest BCUT2D eigenvalue weighted by atomic mass is 9.73. The van der Waals surface area contributed by atoms with Crippen molar-refractivity contribution in [3.05, 3.63) is 54.9 Å². The minimum atomic E-state index is -0.521. The molecule has 0 radical (unpaired) electrons. The van der Waals surface area contributed by atoms with Gasteiger partial charge in [0.15, 0.2) is 0 Å². The Balaban J connectivity index is 1.96. The van der Waals surface area contributed by atoms with Crippen LogP contribution in [0.4, 0.5) is 11.4 Å². The molecule has 0 unspecified atom stereocenters. The summed E-state index contributed by atoms with van der Waals surface area (Å²) in [5, 5.41) is 9.70. The van der Waals surface area contributed by atoms with E-state index in [-0.39, 0.29) is 17.7 Å². The molecule has 5 nitrogen and oxygen atoms in total. The van der Waals surface area contributed by atoms with Crippen molar-refractivity contribution in [2.75, 3.05) is 17.2 Å². The van der Waals surface area contributed by atoms with Gasteiger partial charge < -0.3 is 16.0 Å². The third kappa shape index (κ3) is 3.39. The summed E-state index contributed by atoms with van der Waals surface area (Å²) in [7, 11) is 0. The summed E-state index contributed by atoms with van der Waals surface area (Å²) < 4.78 is 2.82. The number of nitrogens with one attached hydrogen (secondary N) is 3. The second kappa shape index (κ2) is 7.46. The number of carbonyl (C=O) groups excluding carboxylic acids is 2. The predicted molar refractivity (Wildman–Crippen MR) is 121 cm³/mol. The highest BCUT2D eigenvalue weighted by Gasteiger charge is 2.50. The van der Waals surface area contributed by atoms with E-state index in [9.17, 15) is 9.59 Å². The standard InChI is InChI=1S/C20H18Br3N3O2/c1-10(27)25-17-3-2-11(21)7-15(17)20-4-5-24-18(28)9-14(20)13-6-12(22)8-16(23)19(13)26-20/h2-3,6-8,14,26H,4-5,9H2,1H3,(H,24,28)(H,25,27)/t14-,20+/m1/s1. The molecule has 146 valence electrons. The molecule has 2 aliphatic rings. The van der Waals surface area contributed by atoms with Gasteiger partial charge in [-0.3, -0.25) is 9.59 Å². The van der Waals surface area contributed by atoms with Crippen molar-refractivity contribution in [2.45, 2.75) is 31.2 Å². The van der Waals surface area contributed by atoms with Crippen LogP contribution in [0.25, 0.3) is 0 Å². The Hall–Kier alpha value is -1.38. The molecule has 0 bridgehead atoms. The molecule has 3 N–H and O–H groups in total. The monoisotopic (exact) mass is 569 g/mol. The van der Waals surface area contributed by atoms with Crippen molar-refractivity contribution in [3.63, 3.8) is 0 Å². The lowest BCUT2D eigenvalue weighted by Gasteiger charge is -2.37. The molecule has 0 saturated carbocycles. The normalized spacial score (nSPS) is 23.1. The van der Waals surface area contributed by atoms with Crippen LogP contribution in [0.2, 0.25) is 0 Å². The first-order chi connectivity index (χ1) is 13.3. The van der Waals surface area contributed by atoms with Crippen LogP contribution < -0.4 is 16.0 Å². The average Bonchev–Trinajstić information content (AvgIpc) is 2.81. The lowest BCUT2D eigenvalue weighted by Crippen LogP contribution is -2.38. The summed E-state index contributed by atoms with van der Waals surface area (Å²) in [6.07, 6.45) is 1.07. The van der Waals surface area contributed by atoms with Crippen molar-refractivity contribution in [1.82, 2.24) is 5.32 Å². The molecule has 2 heterocycles. The van der Waals surface area contributed by atoms with Crippen LogP contribution in [-0.2, 0) is 15.1 Å². The van der Waals surface area contributed by atoms with Crippen LogP contribution in [0, 0.1) is 0 Å². The van der Waals surface area contributed by atoms with E-state index in [4.69, 9.17) is 0 Å². The minimum Gasteiger partial charge on any atom is -0.374 e. The Labute approximate surface area is 188 Å². The van der Waals surface area contributed by atoms with Crippen LogP contribution in [0.3, 0.4) is 0 Å². The fourth-order valence-electron chi connectivity index (χ4n) is 4.33. The number of halogens is 3. The lowest BCUT2D eigenvalue weighted by molar-refractivity contribution is -0.121. The molecule has 2 aliphatic heterocycles. The van der Waals surface area contributed by atoms with Crippen molar-refractivity contribution < 1.29 is 9.59 Å². The van der Waals surface area contributed by atoms with Gasteiger partial charge in [-0.2, -0.15) is 0 Å². The molecule has 1 fully saturated rings. The Kier molecular flexibility index (Phi) is 5.31. The quantitative estimate of drug-likeness (QED) is 0.461. The van der Waals surface area contributed by atoms with Gasteiger partial charge in [0.2, 0.25) is 11.8 Å². The van der Waals surface area contributed by atoms with E-state index in [2.05, 4.69) is 69.8 Å². The van der Waals surface area contributed by atoms with E-state index in [0.29, 0.717) is 19.4 Å². The Morgan fingerprint density at radius 3 is 2.71 bits per heavy atom. The number of amides is 2. The molecule has 1 saturated heterocycles. The first-order valence-electron chi connectivity index (χ1n) is 8.91. The van der Waals surface area contributed by atoms with Gasteiger partial charge >= 0.3 is 0 Å². The zero-order chi connectivity index (χ0) is 20.1. The highest BCUT2D eigenvalue weighted by molar-refractivity contribution is 9.11. The molecule has 0 spiro atoms. The molecule has 8 heteroatoms. The summed E-state index contributed by atoms with van der Waals surface area (Å²) in [5.74, 6) is -0.159. The largest absolute Gasteiger partial charge is 0.374 e. The van der Waals surface area contributed by atoms with Crippen LogP contribution in [0.15, 0.2) is 43.7 Å². The number of hydrogen-bond acceptors (Lipinski definition) is 3. The van der Waals surface area contributed by atoms with Gasteiger partial charge in [-0.1, -0.05) is 31.9 Å². The fourth-order valence-corrected chi connectivity index (χ4v) is 6.05. The van der Waals surface area contributed by atoms with Gasteiger partial charge in [0, 0.05) is 50.5 Å². The number of carbonyl (C=O) groups is 2. The highest BCUT2D eigenvalue weighted by atomic mass is 79.9. The Bertz CT molecular complexity index is 995. The smallest absolute Gasteiger partial charge is 0.221 e. The van der Waals surface area contributed by atoms with E-state index in [1.165, 1.54) is 6.92 Å². The number of hydrogen-bond donors (Lipinski definition) is 3. The molecule has 2 atom stereocenters. The van der Waals surface area contributed by atoms with E-state index < -0.39 is 5.54 Å². The van der Waals surface area contributed by atoms with Gasteiger partial charge in [0.1, 0.15) is 0 Å². The SMILES string of the molecule is CC(=O)Nc1ccc(Br)cc1[C@]12CCNC(=O)C[C@@H]1c1cc(Br)cc(Br)c1N2. The van der Waals surface area contributed by atoms with Gasteiger partial charge in [0.25, 0.3) is 0 Å². The maximum Gasteiger partial charge on any atom is 0.221 e. The second-order valence-corrected chi connectivity index (χ2v) is 9.86. The van der Waals surface area contributed by atoms with Crippen LogP contribution >= 0.6 is 47.8 Å². The van der Waals surface area contributed by atoms with Gasteiger partial charge in [-0.15, -0.1) is 0 Å². The zero-order valence-corrected chi connectivity index (χ0v) is 19.8. The highest BCUT2D eigenvalue weighted by Crippen LogP contribution is 2.56. The third-order valence-corrected chi connectivity index (χ3v) is 6.98. The second-order valence-electron chi connectivity index (χ2n) is 7.18. The fraction of sp³-hybridized carbons (Fsp3) is 0.300. The minimum absolute atomic E-state index is 0.0358. The van der Waals surface area contributed by atoms with Crippen LogP contribution in [-0.4, -0.2) is 18.4 Å². The number of benzene rings is 2. The summed E-state index contributed by atoms with van der Waals surface area (Å²) in [4.78, 5) is 24.3. The Morgan fingerprint density at radius 2 is 1.96 bits per heavy atom. The molecular weight excluding hydrogens is 554 g/mol. The van der Waals surface area contributed by atoms with E-state index in [1.807, 2.05) is 24.3 Å². The topological polar surface area (TPSA) is 70.2 Å². The Morgan fingerprint density at radius 1 is 1.18 bits per heavy atom. The van der Waals surface area contributed by atoms with E-state index in [0.717, 1.165) is 35.9 Å². The first kappa shape index (κ1) is 19.9. The summed E-state index contributed by atoms with van der Waals surface area (Å²) in [5.41, 5.74) is 3.29. The molecule has 2 aromatic carbocycles. The van der Waals surface area contributed by atoms with Crippen molar-refractivity contribution in [2.24, 2.45) is 0 Å². The zero-order valence-electron chi connectivity index (χ0n) is 15.0. The predicted octanol–water partition coefficient (Wildman–Crippen LogP) is 5.25. The molecule has 0 aliphatic carbocycles. The van der Waals surface area contributed by atoms with Gasteiger partial charge in [0.05, 0.1) is 11.2 Å². The average molecular weight is 572 g/mol.